The fourth-order valence-electron chi connectivity index (χ4n) is 1.45. The molecule has 0 radical (unpaired) electrons. The summed E-state index contributed by atoms with van der Waals surface area (Å²) in [6.07, 6.45) is 4.62. The van der Waals surface area contributed by atoms with Crippen molar-refractivity contribution < 1.29 is 14.3 Å². The molecule has 4 nitrogen and oxygen atoms in total. The van der Waals surface area contributed by atoms with Crippen molar-refractivity contribution in [2.45, 2.75) is 45.6 Å². The zero-order chi connectivity index (χ0) is 11.5. The number of carbonyl (C=O) groups excluding carboxylic acids is 1. The highest BCUT2D eigenvalue weighted by Crippen LogP contribution is 2.19. The summed E-state index contributed by atoms with van der Waals surface area (Å²) in [6, 6.07) is 0. The van der Waals surface area contributed by atoms with Crippen molar-refractivity contribution in [2.24, 2.45) is 0 Å². The lowest BCUT2D eigenvalue weighted by Gasteiger charge is -2.17. The molecule has 0 unspecified atom stereocenters. The molecule has 0 atom stereocenters. The van der Waals surface area contributed by atoms with Gasteiger partial charge in [-0.25, -0.2) is 4.79 Å². The second kappa shape index (κ2) is 4.41. The molecule has 4 heteroatoms. The average Bonchev–Trinajstić information content (AvgIpc) is 2.54. The third kappa shape index (κ3) is 3.33. The molecule has 0 aromatic carbocycles. The molecule has 1 aliphatic rings. The summed E-state index contributed by atoms with van der Waals surface area (Å²) in [5.41, 5.74) is 9.06. The molecule has 0 saturated carbocycles. The van der Waals surface area contributed by atoms with Crippen LogP contribution in [0.1, 0.15) is 40.0 Å². The van der Waals surface area contributed by atoms with Gasteiger partial charge in [0.25, 0.3) is 0 Å². The smallest absolute Gasteiger partial charge is 0.422 e. The van der Waals surface area contributed by atoms with Gasteiger partial charge in [0, 0.05) is 5.57 Å². The minimum Gasteiger partial charge on any atom is -0.451 e. The average molecular weight is 208 g/mol. The molecule has 1 aliphatic carbocycles. The van der Waals surface area contributed by atoms with Crippen LogP contribution in [0.5, 0.6) is 0 Å². The van der Waals surface area contributed by atoms with Crippen LogP contribution in [-0.4, -0.2) is 22.1 Å². The lowest BCUT2D eigenvalue weighted by atomic mass is 10.1. The van der Waals surface area contributed by atoms with Crippen molar-refractivity contribution in [1.82, 2.24) is 0 Å². The van der Waals surface area contributed by atoms with Crippen LogP contribution in [0.3, 0.4) is 0 Å². The van der Waals surface area contributed by atoms with Crippen molar-refractivity contribution in [3.05, 3.63) is 17.2 Å². The maximum Gasteiger partial charge on any atom is 0.422 e. The standard InChI is InChI=1S/C11H16N2O2/c1-11(2,3)15-10(14)9(13-12)8-6-4-5-7-8/h6H,4-5,7H2,1-3H3. The predicted molar refractivity (Wildman–Crippen MR) is 56.4 cm³/mol. The minimum absolute atomic E-state index is 0.0439. The normalized spacial score (nSPS) is 15.5. The third-order valence-corrected chi connectivity index (χ3v) is 2.04. The van der Waals surface area contributed by atoms with E-state index in [4.69, 9.17) is 10.3 Å². The summed E-state index contributed by atoms with van der Waals surface area (Å²) in [4.78, 5) is 14.7. The Morgan fingerprint density at radius 2 is 2.20 bits per heavy atom. The summed E-state index contributed by atoms with van der Waals surface area (Å²) in [7, 11) is 0. The number of hydrogen-bond donors (Lipinski definition) is 0. The van der Waals surface area contributed by atoms with E-state index in [0.717, 1.165) is 24.8 Å². The highest BCUT2D eigenvalue weighted by Gasteiger charge is 2.31. The highest BCUT2D eigenvalue weighted by atomic mass is 16.6. The molecule has 0 spiro atoms. The van der Waals surface area contributed by atoms with Gasteiger partial charge < -0.3 is 10.3 Å². The van der Waals surface area contributed by atoms with Crippen molar-refractivity contribution in [2.75, 3.05) is 0 Å². The Kier molecular flexibility index (Phi) is 3.43. The third-order valence-electron chi connectivity index (χ3n) is 2.04. The number of carbonyl (C=O) groups is 1. The van der Waals surface area contributed by atoms with Crippen molar-refractivity contribution >= 4 is 11.7 Å². The zero-order valence-corrected chi connectivity index (χ0v) is 9.41. The molecule has 15 heavy (non-hydrogen) atoms. The molecular weight excluding hydrogens is 192 g/mol. The highest BCUT2D eigenvalue weighted by molar-refractivity contribution is 6.40. The van der Waals surface area contributed by atoms with Crippen LogP contribution in [0.15, 0.2) is 11.6 Å². The first kappa shape index (κ1) is 11.7. The minimum atomic E-state index is -0.563. The largest absolute Gasteiger partial charge is 0.451 e. The topological polar surface area (TPSA) is 62.7 Å². The fraction of sp³-hybridized carbons (Fsp3) is 0.636. The predicted octanol–water partition coefficient (Wildman–Crippen LogP) is 2.11. The molecule has 0 heterocycles. The van der Waals surface area contributed by atoms with Crippen molar-refractivity contribution in [3.8, 4) is 0 Å². The van der Waals surface area contributed by atoms with E-state index in [9.17, 15) is 4.79 Å². The molecule has 0 aromatic heterocycles. The summed E-state index contributed by atoms with van der Waals surface area (Å²) < 4.78 is 5.13. The van der Waals surface area contributed by atoms with Gasteiger partial charge in [0.1, 0.15) is 5.60 Å². The Morgan fingerprint density at radius 3 is 2.60 bits per heavy atom. The van der Waals surface area contributed by atoms with Crippen LogP contribution in [0.25, 0.3) is 5.53 Å². The first-order valence-corrected chi connectivity index (χ1v) is 5.09. The number of rotatable bonds is 2. The van der Waals surface area contributed by atoms with E-state index in [0.29, 0.717) is 0 Å². The van der Waals surface area contributed by atoms with E-state index in [1.165, 1.54) is 0 Å². The molecule has 0 bridgehead atoms. The maximum absolute atomic E-state index is 11.6. The van der Waals surface area contributed by atoms with Crippen molar-refractivity contribution in [3.63, 3.8) is 0 Å². The zero-order valence-electron chi connectivity index (χ0n) is 9.41. The van der Waals surface area contributed by atoms with Crippen LogP contribution >= 0.6 is 0 Å². The Morgan fingerprint density at radius 1 is 1.53 bits per heavy atom. The first-order valence-electron chi connectivity index (χ1n) is 5.09. The quantitative estimate of drug-likeness (QED) is 0.302. The van der Waals surface area contributed by atoms with E-state index in [1.807, 2.05) is 6.08 Å². The Labute approximate surface area is 89.6 Å². The van der Waals surface area contributed by atoms with Gasteiger partial charge in [-0.3, -0.25) is 0 Å². The van der Waals surface area contributed by atoms with E-state index in [2.05, 4.69) is 4.79 Å². The van der Waals surface area contributed by atoms with Crippen LogP contribution in [0.2, 0.25) is 0 Å². The van der Waals surface area contributed by atoms with Crippen LogP contribution in [-0.2, 0) is 9.53 Å². The first-order chi connectivity index (χ1) is 6.94. The van der Waals surface area contributed by atoms with Gasteiger partial charge in [-0.2, -0.15) is 4.79 Å². The number of hydrogen-bond acceptors (Lipinski definition) is 2. The van der Waals surface area contributed by atoms with Gasteiger partial charge in [-0.1, -0.05) is 6.08 Å². The Hall–Kier alpha value is -1.41. The maximum atomic E-state index is 11.6. The lowest BCUT2D eigenvalue weighted by molar-refractivity contribution is -0.150. The summed E-state index contributed by atoms with van der Waals surface area (Å²) in [5, 5.41) is 0. The summed E-state index contributed by atoms with van der Waals surface area (Å²) >= 11 is 0. The fourth-order valence-corrected chi connectivity index (χ4v) is 1.45. The van der Waals surface area contributed by atoms with Gasteiger partial charge >= 0.3 is 11.7 Å². The number of ether oxygens (including phenoxy) is 1. The number of nitrogens with zero attached hydrogens (tertiary/aromatic N) is 2. The molecule has 0 aliphatic heterocycles. The van der Waals surface area contributed by atoms with Gasteiger partial charge in [0.05, 0.1) is 0 Å². The Bertz CT molecular complexity index is 344. The van der Waals surface area contributed by atoms with Crippen LogP contribution in [0, 0.1) is 0 Å². The van der Waals surface area contributed by atoms with E-state index in [1.54, 1.807) is 20.8 Å². The second-order valence-corrected chi connectivity index (χ2v) is 4.57. The monoisotopic (exact) mass is 208 g/mol. The molecule has 0 saturated heterocycles. The molecule has 0 fully saturated rings. The van der Waals surface area contributed by atoms with Gasteiger partial charge in [0.15, 0.2) is 0 Å². The SMILES string of the molecule is CC(C)(C)OC(=O)C(=[N+]=[N-])C1=CCCC1. The van der Waals surface area contributed by atoms with Crippen LogP contribution in [0.4, 0.5) is 0 Å². The Balaban J connectivity index is 2.77. The van der Waals surface area contributed by atoms with Gasteiger partial charge in [-0.15, -0.1) is 0 Å². The lowest BCUT2D eigenvalue weighted by Crippen LogP contribution is -2.30. The second-order valence-electron chi connectivity index (χ2n) is 4.57. The van der Waals surface area contributed by atoms with Crippen molar-refractivity contribution in [1.29, 1.82) is 0 Å². The molecule has 82 valence electrons. The van der Waals surface area contributed by atoms with E-state index >= 15 is 0 Å². The van der Waals surface area contributed by atoms with E-state index < -0.39 is 11.6 Å². The van der Waals surface area contributed by atoms with Gasteiger partial charge in [0.2, 0.25) is 0 Å². The van der Waals surface area contributed by atoms with Gasteiger partial charge in [-0.05, 0) is 40.0 Å². The number of allylic oxidation sites excluding steroid dienone is 1. The van der Waals surface area contributed by atoms with E-state index in [-0.39, 0.29) is 5.71 Å². The molecule has 0 aromatic rings. The molecule has 0 N–H and O–H groups in total. The summed E-state index contributed by atoms with van der Waals surface area (Å²) in [5.74, 6) is -0.557. The summed E-state index contributed by atoms with van der Waals surface area (Å²) in [6.45, 7) is 5.34. The molecular formula is C11H16N2O2. The molecule has 1 rings (SSSR count). The molecule has 0 amide bonds. The van der Waals surface area contributed by atoms with Crippen LogP contribution < -0.4 is 0 Å². The number of esters is 1.